The van der Waals surface area contributed by atoms with Gasteiger partial charge < -0.3 is 19.5 Å². The molecule has 1 atom stereocenters. The number of carboxylic acid groups (broad SMARTS) is 1. The lowest BCUT2D eigenvalue weighted by Crippen LogP contribution is -2.44. The number of aromatic nitrogens is 1. The number of carbonyl (C=O) groups excluding carboxylic acids is 1. The Labute approximate surface area is 163 Å². The fourth-order valence-electron chi connectivity index (χ4n) is 2.92. The number of benzene rings is 1. The van der Waals surface area contributed by atoms with Crippen molar-refractivity contribution in [1.29, 1.82) is 0 Å². The van der Waals surface area contributed by atoms with Crippen molar-refractivity contribution in [2.75, 3.05) is 19.7 Å². The number of hydrogen-bond acceptors (Lipinski definition) is 5. The molecule has 2 aromatic rings. The molecule has 3 rings (SSSR count). The molecule has 1 amide bonds. The number of carbonyl (C=O) groups is 2. The summed E-state index contributed by atoms with van der Waals surface area (Å²) < 4.78 is 11.2. The minimum Gasteiger partial charge on any atom is -0.478 e. The third-order valence-corrected chi connectivity index (χ3v) is 4.28. The number of nitrogens with zero attached hydrogens (tertiary/aromatic N) is 2. The summed E-state index contributed by atoms with van der Waals surface area (Å²) in [6.45, 7) is 6.77. The molecule has 0 bridgehead atoms. The van der Waals surface area contributed by atoms with E-state index in [1.54, 1.807) is 29.3 Å². The third-order valence-electron chi connectivity index (χ3n) is 4.28. The summed E-state index contributed by atoms with van der Waals surface area (Å²) in [6, 6.07) is 10.4. The smallest absolute Gasteiger partial charge is 0.410 e. The standard InChI is InChI=1S/C21H24N2O5/c1-21(2,3)28-20(26)23-9-10-27-18(13-23)17-8-7-16(12-22-17)14-5-4-6-15(11-14)19(24)25/h4-8,11-12,18H,9-10,13H2,1-3H3,(H,24,25). The summed E-state index contributed by atoms with van der Waals surface area (Å²) >= 11 is 0. The average molecular weight is 384 g/mol. The Hall–Kier alpha value is -2.93. The van der Waals surface area contributed by atoms with E-state index in [1.165, 1.54) is 0 Å². The highest BCUT2D eigenvalue weighted by Gasteiger charge is 2.29. The minimum absolute atomic E-state index is 0.227. The van der Waals surface area contributed by atoms with Crippen LogP contribution in [0.1, 0.15) is 42.9 Å². The van der Waals surface area contributed by atoms with Gasteiger partial charge in [0.2, 0.25) is 0 Å². The van der Waals surface area contributed by atoms with Crippen LogP contribution in [0, 0.1) is 0 Å². The van der Waals surface area contributed by atoms with E-state index in [-0.39, 0.29) is 17.8 Å². The van der Waals surface area contributed by atoms with Gasteiger partial charge in [0.1, 0.15) is 11.7 Å². The van der Waals surface area contributed by atoms with Gasteiger partial charge in [-0.2, -0.15) is 0 Å². The van der Waals surface area contributed by atoms with Crippen molar-refractivity contribution >= 4 is 12.1 Å². The van der Waals surface area contributed by atoms with Crippen molar-refractivity contribution in [3.63, 3.8) is 0 Å². The quantitative estimate of drug-likeness (QED) is 0.867. The van der Waals surface area contributed by atoms with Gasteiger partial charge in [-0.15, -0.1) is 0 Å². The molecule has 148 valence electrons. The first-order valence-electron chi connectivity index (χ1n) is 9.12. The monoisotopic (exact) mass is 384 g/mol. The van der Waals surface area contributed by atoms with E-state index < -0.39 is 11.6 Å². The lowest BCUT2D eigenvalue weighted by atomic mass is 10.0. The molecule has 1 N–H and O–H groups in total. The van der Waals surface area contributed by atoms with Crippen LogP contribution in [-0.4, -0.2) is 52.4 Å². The summed E-state index contributed by atoms with van der Waals surface area (Å²) in [7, 11) is 0. The number of aromatic carboxylic acids is 1. The van der Waals surface area contributed by atoms with Crippen LogP contribution in [0.25, 0.3) is 11.1 Å². The fraction of sp³-hybridized carbons (Fsp3) is 0.381. The lowest BCUT2D eigenvalue weighted by molar-refractivity contribution is -0.0447. The van der Waals surface area contributed by atoms with Gasteiger partial charge in [0.25, 0.3) is 0 Å². The number of pyridine rings is 1. The second-order valence-electron chi connectivity index (χ2n) is 7.64. The zero-order valence-corrected chi connectivity index (χ0v) is 16.2. The first kappa shape index (κ1) is 19.8. The fourth-order valence-corrected chi connectivity index (χ4v) is 2.92. The number of morpholine rings is 1. The summed E-state index contributed by atoms with van der Waals surface area (Å²) in [5.41, 5.74) is 1.98. The van der Waals surface area contributed by atoms with Crippen LogP contribution in [0.4, 0.5) is 4.79 Å². The molecule has 28 heavy (non-hydrogen) atoms. The molecule has 1 unspecified atom stereocenters. The zero-order chi connectivity index (χ0) is 20.3. The molecule has 1 aliphatic rings. The maximum Gasteiger partial charge on any atom is 0.410 e. The molecule has 0 radical (unpaired) electrons. The Kier molecular flexibility index (Phi) is 5.65. The minimum atomic E-state index is -0.968. The number of ether oxygens (including phenoxy) is 2. The molecule has 2 heterocycles. The van der Waals surface area contributed by atoms with Gasteiger partial charge in [-0.25, -0.2) is 9.59 Å². The number of amides is 1. The van der Waals surface area contributed by atoms with Gasteiger partial charge in [0, 0.05) is 18.3 Å². The summed E-state index contributed by atoms with van der Waals surface area (Å²) in [5, 5.41) is 9.14. The van der Waals surface area contributed by atoms with Crippen LogP contribution < -0.4 is 0 Å². The molecular weight excluding hydrogens is 360 g/mol. The highest BCUT2D eigenvalue weighted by molar-refractivity contribution is 5.89. The van der Waals surface area contributed by atoms with Gasteiger partial charge >= 0.3 is 12.1 Å². The maximum absolute atomic E-state index is 12.3. The summed E-state index contributed by atoms with van der Waals surface area (Å²) in [5.74, 6) is -0.968. The van der Waals surface area contributed by atoms with E-state index in [1.807, 2.05) is 39.0 Å². The maximum atomic E-state index is 12.3. The first-order chi connectivity index (χ1) is 13.2. The SMILES string of the molecule is CC(C)(C)OC(=O)N1CCOC(c2ccc(-c3cccc(C(=O)O)c3)cn2)C1. The Morgan fingerprint density at radius 3 is 2.64 bits per heavy atom. The molecule has 1 fully saturated rings. The molecule has 1 aliphatic heterocycles. The Bertz CT molecular complexity index is 858. The molecule has 1 aromatic carbocycles. The van der Waals surface area contributed by atoms with Crippen molar-refractivity contribution in [3.8, 4) is 11.1 Å². The third kappa shape index (κ3) is 4.86. The van der Waals surface area contributed by atoms with Gasteiger partial charge in [0.05, 0.1) is 24.4 Å². The zero-order valence-electron chi connectivity index (χ0n) is 16.2. The number of rotatable bonds is 3. The summed E-state index contributed by atoms with van der Waals surface area (Å²) in [4.78, 5) is 29.5. The predicted octanol–water partition coefficient (Wildman–Crippen LogP) is 3.76. The van der Waals surface area contributed by atoms with E-state index in [4.69, 9.17) is 14.6 Å². The van der Waals surface area contributed by atoms with E-state index in [9.17, 15) is 9.59 Å². The van der Waals surface area contributed by atoms with E-state index in [2.05, 4.69) is 4.98 Å². The van der Waals surface area contributed by atoms with Crippen molar-refractivity contribution in [2.24, 2.45) is 0 Å². The molecule has 7 nitrogen and oxygen atoms in total. The highest BCUT2D eigenvalue weighted by atomic mass is 16.6. The first-order valence-corrected chi connectivity index (χ1v) is 9.12. The second-order valence-corrected chi connectivity index (χ2v) is 7.64. The van der Waals surface area contributed by atoms with Crippen LogP contribution >= 0.6 is 0 Å². The Morgan fingerprint density at radius 1 is 1.21 bits per heavy atom. The van der Waals surface area contributed by atoms with Crippen molar-refractivity contribution in [1.82, 2.24) is 9.88 Å². The van der Waals surface area contributed by atoms with E-state index in [0.717, 1.165) is 11.1 Å². The Morgan fingerprint density at radius 2 is 2.00 bits per heavy atom. The van der Waals surface area contributed by atoms with Crippen LogP contribution in [0.15, 0.2) is 42.6 Å². The molecule has 7 heteroatoms. The Balaban J connectivity index is 1.72. The highest BCUT2D eigenvalue weighted by Crippen LogP contribution is 2.25. The summed E-state index contributed by atoms with van der Waals surface area (Å²) in [6.07, 6.45) is 0.995. The van der Waals surface area contributed by atoms with Crippen molar-refractivity contribution in [3.05, 3.63) is 53.9 Å². The van der Waals surface area contributed by atoms with E-state index in [0.29, 0.717) is 25.4 Å². The van der Waals surface area contributed by atoms with E-state index >= 15 is 0 Å². The predicted molar refractivity (Wildman–Crippen MR) is 103 cm³/mol. The number of hydrogen-bond donors (Lipinski definition) is 1. The number of carboxylic acids is 1. The lowest BCUT2D eigenvalue weighted by Gasteiger charge is -2.34. The largest absolute Gasteiger partial charge is 0.478 e. The second kappa shape index (κ2) is 7.98. The molecule has 0 aliphatic carbocycles. The van der Waals surface area contributed by atoms with Crippen molar-refractivity contribution in [2.45, 2.75) is 32.5 Å². The van der Waals surface area contributed by atoms with Crippen LogP contribution in [0.5, 0.6) is 0 Å². The van der Waals surface area contributed by atoms with Crippen LogP contribution in [0.2, 0.25) is 0 Å². The van der Waals surface area contributed by atoms with Crippen molar-refractivity contribution < 1.29 is 24.2 Å². The molecule has 1 aromatic heterocycles. The van der Waals surface area contributed by atoms with Gasteiger partial charge in [-0.3, -0.25) is 4.98 Å². The topological polar surface area (TPSA) is 89.0 Å². The molecule has 1 saturated heterocycles. The van der Waals surface area contributed by atoms with Gasteiger partial charge in [-0.1, -0.05) is 18.2 Å². The normalized spacial score (nSPS) is 17.2. The van der Waals surface area contributed by atoms with Crippen LogP contribution in [0.3, 0.4) is 0 Å². The molecule has 0 spiro atoms. The molecular formula is C21H24N2O5. The van der Waals surface area contributed by atoms with Gasteiger partial charge in [0.15, 0.2) is 0 Å². The average Bonchev–Trinajstić information content (AvgIpc) is 2.67. The van der Waals surface area contributed by atoms with Crippen LogP contribution in [-0.2, 0) is 9.47 Å². The molecule has 0 saturated carbocycles. The van der Waals surface area contributed by atoms with Gasteiger partial charge in [-0.05, 0) is 44.5 Å².